The van der Waals surface area contributed by atoms with Crippen molar-refractivity contribution >= 4 is 11.8 Å². The first kappa shape index (κ1) is 26.1. The minimum atomic E-state index is -0.520. The zero-order valence-corrected chi connectivity index (χ0v) is 22.2. The van der Waals surface area contributed by atoms with Crippen molar-refractivity contribution in [3.05, 3.63) is 95.6 Å². The summed E-state index contributed by atoms with van der Waals surface area (Å²) in [7, 11) is 0. The van der Waals surface area contributed by atoms with E-state index >= 15 is 0 Å². The molecule has 0 aromatic heterocycles. The third kappa shape index (κ3) is 6.88. The zero-order valence-electron chi connectivity index (χ0n) is 22.2. The van der Waals surface area contributed by atoms with E-state index in [1.807, 2.05) is 47.4 Å². The average molecular weight is 511 g/mol. The molecule has 3 aromatic carbocycles. The summed E-state index contributed by atoms with van der Waals surface area (Å²) >= 11 is 0. The largest absolute Gasteiger partial charge is 0.344 e. The number of rotatable bonds is 10. The third-order valence-electron chi connectivity index (χ3n) is 7.62. The van der Waals surface area contributed by atoms with Crippen LogP contribution in [0.2, 0.25) is 0 Å². The molecule has 1 saturated carbocycles. The Morgan fingerprint density at radius 1 is 0.921 bits per heavy atom. The molecule has 5 rings (SSSR count). The molecule has 0 radical (unpaired) electrons. The van der Waals surface area contributed by atoms with Crippen molar-refractivity contribution in [3.8, 4) is 11.1 Å². The Balaban J connectivity index is 1.16. The van der Waals surface area contributed by atoms with Crippen LogP contribution in [0.4, 0.5) is 0 Å². The van der Waals surface area contributed by atoms with E-state index in [4.69, 9.17) is 0 Å². The first-order valence-corrected chi connectivity index (χ1v) is 13.8. The topological polar surface area (TPSA) is 73.5 Å². The first-order valence-electron chi connectivity index (χ1n) is 13.8. The highest BCUT2D eigenvalue weighted by atomic mass is 16.2. The van der Waals surface area contributed by atoms with Crippen LogP contribution in [0.3, 0.4) is 0 Å². The lowest BCUT2D eigenvalue weighted by atomic mass is 10.0. The van der Waals surface area contributed by atoms with E-state index in [1.54, 1.807) is 0 Å². The number of piperazine rings is 1. The minimum Gasteiger partial charge on any atom is -0.344 e. The maximum Gasteiger partial charge on any atom is 0.245 e. The molecule has 2 aliphatic rings. The van der Waals surface area contributed by atoms with E-state index in [9.17, 15) is 9.59 Å². The molecular formula is C32H38N4O2. The maximum absolute atomic E-state index is 13.4. The van der Waals surface area contributed by atoms with Gasteiger partial charge in [-0.2, -0.15) is 0 Å². The number of carbonyl (C=O) groups excluding carboxylic acids is 2. The van der Waals surface area contributed by atoms with E-state index in [-0.39, 0.29) is 18.2 Å². The molecule has 1 aliphatic heterocycles. The number of nitrogens with zero attached hydrogens (tertiary/aromatic N) is 1. The fourth-order valence-electron chi connectivity index (χ4n) is 5.26. The SMILES string of the molecule is Cc1ccc([C@@H]2C[C@H]2NCC[C@H](NC(=O)Cc2ccc(-c3ccccc3)cc2)C(=O)N2CCNCC2)cc1. The van der Waals surface area contributed by atoms with Gasteiger partial charge < -0.3 is 20.9 Å². The van der Waals surface area contributed by atoms with Gasteiger partial charge in [-0.3, -0.25) is 9.59 Å². The summed E-state index contributed by atoms with van der Waals surface area (Å²) in [6, 6.07) is 27.0. The summed E-state index contributed by atoms with van der Waals surface area (Å²) in [6.07, 6.45) is 1.95. The number of aryl methyl sites for hydroxylation is 1. The minimum absolute atomic E-state index is 0.0203. The molecule has 0 spiro atoms. The molecule has 1 heterocycles. The van der Waals surface area contributed by atoms with Crippen LogP contribution in [0.1, 0.15) is 35.4 Å². The molecule has 38 heavy (non-hydrogen) atoms. The van der Waals surface area contributed by atoms with Gasteiger partial charge >= 0.3 is 0 Å². The lowest BCUT2D eigenvalue weighted by Crippen LogP contribution is -2.54. The van der Waals surface area contributed by atoms with E-state index in [1.165, 1.54) is 11.1 Å². The molecule has 198 valence electrons. The summed E-state index contributed by atoms with van der Waals surface area (Å²) in [5, 5.41) is 9.97. The first-order chi connectivity index (χ1) is 18.6. The Morgan fingerprint density at radius 3 is 2.32 bits per heavy atom. The van der Waals surface area contributed by atoms with Crippen molar-refractivity contribution in [1.82, 2.24) is 20.9 Å². The number of nitrogens with one attached hydrogen (secondary N) is 3. The van der Waals surface area contributed by atoms with Crippen molar-refractivity contribution < 1.29 is 9.59 Å². The zero-order chi connectivity index (χ0) is 26.3. The molecule has 2 amide bonds. The molecular weight excluding hydrogens is 472 g/mol. The van der Waals surface area contributed by atoms with Gasteiger partial charge in [0.05, 0.1) is 6.42 Å². The predicted octanol–water partition coefficient (Wildman–Crippen LogP) is 3.66. The molecule has 1 saturated heterocycles. The van der Waals surface area contributed by atoms with Crippen molar-refractivity contribution in [2.24, 2.45) is 0 Å². The summed E-state index contributed by atoms with van der Waals surface area (Å²) in [5.41, 5.74) is 5.85. The Morgan fingerprint density at radius 2 is 1.61 bits per heavy atom. The third-order valence-corrected chi connectivity index (χ3v) is 7.62. The summed E-state index contributed by atoms with van der Waals surface area (Å²) in [4.78, 5) is 28.3. The van der Waals surface area contributed by atoms with Crippen LogP contribution in [0.25, 0.3) is 11.1 Å². The molecule has 3 N–H and O–H groups in total. The standard InChI is InChI=1S/C32H38N4O2/c1-23-7-11-27(12-8-23)28-22-30(28)34-16-15-29(32(38)36-19-17-33-18-20-36)35-31(37)21-24-9-13-26(14-10-24)25-5-3-2-4-6-25/h2-14,28-30,33-34H,15-22H2,1H3,(H,35,37)/t28-,29-,30+/m0/s1. The van der Waals surface area contributed by atoms with Crippen LogP contribution in [0, 0.1) is 6.92 Å². The number of amides is 2. The Kier molecular flexibility index (Phi) is 8.51. The smallest absolute Gasteiger partial charge is 0.245 e. The van der Waals surface area contributed by atoms with Crippen LogP contribution in [0.5, 0.6) is 0 Å². The normalized spacial score (nSPS) is 19.6. The van der Waals surface area contributed by atoms with E-state index in [0.717, 1.165) is 36.2 Å². The molecule has 3 atom stereocenters. The quantitative estimate of drug-likeness (QED) is 0.389. The van der Waals surface area contributed by atoms with Crippen LogP contribution < -0.4 is 16.0 Å². The van der Waals surface area contributed by atoms with Gasteiger partial charge in [-0.05, 0) is 48.6 Å². The lowest BCUT2D eigenvalue weighted by molar-refractivity contribution is -0.137. The fraction of sp³-hybridized carbons (Fsp3) is 0.375. The highest BCUT2D eigenvalue weighted by Gasteiger charge is 2.38. The second-order valence-corrected chi connectivity index (χ2v) is 10.5. The van der Waals surface area contributed by atoms with Crippen LogP contribution in [0.15, 0.2) is 78.9 Å². The molecule has 2 fully saturated rings. The van der Waals surface area contributed by atoms with Gasteiger partial charge in [0.25, 0.3) is 0 Å². The summed E-state index contributed by atoms with van der Waals surface area (Å²) in [5.74, 6) is 0.438. The summed E-state index contributed by atoms with van der Waals surface area (Å²) in [6.45, 7) is 5.74. The average Bonchev–Trinajstić information content (AvgIpc) is 3.73. The van der Waals surface area contributed by atoms with Crippen LogP contribution >= 0.6 is 0 Å². The van der Waals surface area contributed by atoms with Crippen LogP contribution in [-0.4, -0.2) is 61.5 Å². The predicted molar refractivity (Wildman–Crippen MR) is 152 cm³/mol. The van der Waals surface area contributed by atoms with Gasteiger partial charge in [0, 0.05) is 38.1 Å². The fourth-order valence-corrected chi connectivity index (χ4v) is 5.26. The monoisotopic (exact) mass is 510 g/mol. The van der Waals surface area contributed by atoms with E-state index in [2.05, 4.69) is 59.3 Å². The summed E-state index contributed by atoms with van der Waals surface area (Å²) < 4.78 is 0. The van der Waals surface area contributed by atoms with Gasteiger partial charge in [-0.25, -0.2) is 0 Å². The second kappa shape index (κ2) is 12.4. The molecule has 6 nitrogen and oxygen atoms in total. The molecule has 6 heteroatoms. The lowest BCUT2D eigenvalue weighted by Gasteiger charge is -2.31. The van der Waals surface area contributed by atoms with Crippen molar-refractivity contribution in [1.29, 1.82) is 0 Å². The second-order valence-electron chi connectivity index (χ2n) is 10.5. The van der Waals surface area contributed by atoms with Crippen molar-refractivity contribution in [2.75, 3.05) is 32.7 Å². The highest BCUT2D eigenvalue weighted by molar-refractivity contribution is 5.88. The van der Waals surface area contributed by atoms with E-state index < -0.39 is 6.04 Å². The molecule has 1 aliphatic carbocycles. The van der Waals surface area contributed by atoms with Gasteiger partial charge in [-0.15, -0.1) is 0 Å². The molecule has 3 aromatic rings. The maximum atomic E-state index is 13.4. The Hall–Kier alpha value is -3.48. The highest BCUT2D eigenvalue weighted by Crippen LogP contribution is 2.40. The van der Waals surface area contributed by atoms with Gasteiger partial charge in [0.1, 0.15) is 6.04 Å². The number of hydrogen-bond donors (Lipinski definition) is 3. The van der Waals surface area contributed by atoms with Crippen molar-refractivity contribution in [3.63, 3.8) is 0 Å². The Labute approximate surface area is 225 Å². The molecule has 0 unspecified atom stereocenters. The molecule has 0 bridgehead atoms. The number of hydrogen-bond acceptors (Lipinski definition) is 4. The van der Waals surface area contributed by atoms with E-state index in [0.29, 0.717) is 38.0 Å². The van der Waals surface area contributed by atoms with Gasteiger partial charge in [0.15, 0.2) is 0 Å². The Bertz CT molecular complexity index is 1200. The van der Waals surface area contributed by atoms with Crippen LogP contribution in [-0.2, 0) is 16.0 Å². The van der Waals surface area contributed by atoms with Crippen molar-refractivity contribution in [2.45, 2.75) is 44.2 Å². The van der Waals surface area contributed by atoms with Gasteiger partial charge in [-0.1, -0.05) is 84.4 Å². The van der Waals surface area contributed by atoms with Gasteiger partial charge in [0.2, 0.25) is 11.8 Å². The number of carbonyl (C=O) groups is 2. The number of benzene rings is 3.